The monoisotopic (exact) mass is 381 g/mol. The lowest BCUT2D eigenvalue weighted by Crippen LogP contribution is -2.43. The molecule has 0 bridgehead atoms. The van der Waals surface area contributed by atoms with Gasteiger partial charge in [0.05, 0.1) is 0 Å². The number of hydrogen-bond donors (Lipinski definition) is 0. The summed E-state index contributed by atoms with van der Waals surface area (Å²) in [6, 6.07) is 2.12. The molecule has 2 rings (SSSR count). The minimum Gasteiger partial charge on any atom is -0.356 e. The Balaban J connectivity index is 1.90. The maximum atomic E-state index is 12.3. The normalized spacial score (nSPS) is 16.5. The van der Waals surface area contributed by atoms with Gasteiger partial charge in [0.25, 0.3) is 0 Å². The summed E-state index contributed by atoms with van der Waals surface area (Å²) in [7, 11) is 1.93. The van der Waals surface area contributed by atoms with Gasteiger partial charge < -0.3 is 9.80 Å². The van der Waals surface area contributed by atoms with E-state index in [0.717, 1.165) is 42.8 Å². The molecule has 0 unspecified atom stereocenters. The summed E-state index contributed by atoms with van der Waals surface area (Å²) in [5, 5.41) is 0. The van der Waals surface area contributed by atoms with Crippen LogP contribution in [0, 0.1) is 18.3 Å². The number of rotatable bonds is 3. The van der Waals surface area contributed by atoms with Crippen LogP contribution in [0.15, 0.2) is 16.7 Å². The van der Waals surface area contributed by atoms with Crippen LogP contribution in [0.4, 0.5) is 5.82 Å². The molecule has 128 valence electrons. The predicted octanol–water partition coefficient (Wildman–Crippen LogP) is 3.87. The van der Waals surface area contributed by atoms with E-state index in [1.165, 1.54) is 5.56 Å². The van der Waals surface area contributed by atoms with Gasteiger partial charge in [-0.3, -0.25) is 4.79 Å². The Kier molecular flexibility index (Phi) is 5.71. The smallest absolute Gasteiger partial charge is 0.227 e. The van der Waals surface area contributed by atoms with Crippen molar-refractivity contribution in [1.82, 2.24) is 9.88 Å². The van der Waals surface area contributed by atoms with Gasteiger partial charge in [-0.25, -0.2) is 4.98 Å². The lowest BCUT2D eigenvalue weighted by Gasteiger charge is -2.36. The largest absolute Gasteiger partial charge is 0.356 e. The fourth-order valence-electron chi connectivity index (χ4n) is 3.23. The second-order valence-electron chi connectivity index (χ2n) is 7.66. The zero-order valence-electron chi connectivity index (χ0n) is 14.9. The molecule has 0 spiro atoms. The summed E-state index contributed by atoms with van der Waals surface area (Å²) in [5.74, 6) is 1.90. The fraction of sp³-hybridized carbons (Fsp3) is 0.667. The van der Waals surface area contributed by atoms with Crippen LogP contribution >= 0.6 is 15.9 Å². The van der Waals surface area contributed by atoms with Gasteiger partial charge in [0.2, 0.25) is 5.91 Å². The van der Waals surface area contributed by atoms with Gasteiger partial charge in [-0.1, -0.05) is 20.8 Å². The van der Waals surface area contributed by atoms with E-state index in [1.54, 1.807) is 0 Å². The van der Waals surface area contributed by atoms with Crippen LogP contribution in [0.5, 0.6) is 0 Å². The third-order valence-corrected chi connectivity index (χ3v) is 4.89. The highest BCUT2D eigenvalue weighted by molar-refractivity contribution is 9.10. The molecule has 0 saturated carbocycles. The van der Waals surface area contributed by atoms with Gasteiger partial charge in [-0.2, -0.15) is 0 Å². The number of aryl methyl sites for hydroxylation is 1. The fourth-order valence-corrected chi connectivity index (χ4v) is 3.68. The molecule has 1 aromatic rings. The van der Waals surface area contributed by atoms with Crippen LogP contribution in [-0.4, -0.2) is 42.5 Å². The van der Waals surface area contributed by atoms with E-state index >= 15 is 0 Å². The first-order chi connectivity index (χ1) is 10.7. The second-order valence-corrected chi connectivity index (χ2v) is 8.58. The van der Waals surface area contributed by atoms with E-state index in [0.29, 0.717) is 5.92 Å². The van der Waals surface area contributed by atoms with Crippen LogP contribution < -0.4 is 4.90 Å². The van der Waals surface area contributed by atoms with Crippen LogP contribution in [0.1, 0.15) is 39.2 Å². The van der Waals surface area contributed by atoms with E-state index in [-0.39, 0.29) is 11.3 Å². The molecule has 0 N–H and O–H groups in total. The Hall–Kier alpha value is -1.10. The molecule has 1 saturated heterocycles. The van der Waals surface area contributed by atoms with Crippen molar-refractivity contribution in [2.24, 2.45) is 11.3 Å². The van der Waals surface area contributed by atoms with Gasteiger partial charge in [0, 0.05) is 42.8 Å². The topological polar surface area (TPSA) is 36.4 Å². The summed E-state index contributed by atoms with van der Waals surface area (Å²) < 4.78 is 1.02. The molecule has 1 aliphatic heterocycles. The average Bonchev–Trinajstić information content (AvgIpc) is 2.46. The highest BCUT2D eigenvalue weighted by Gasteiger charge is 2.28. The molecule has 0 aromatic carbocycles. The number of halogens is 1. The summed E-state index contributed by atoms with van der Waals surface area (Å²) in [4.78, 5) is 21.1. The maximum absolute atomic E-state index is 12.3. The lowest BCUT2D eigenvalue weighted by atomic mass is 9.92. The molecule has 1 amide bonds. The van der Waals surface area contributed by atoms with Crippen molar-refractivity contribution < 1.29 is 4.79 Å². The first kappa shape index (κ1) is 18.2. The predicted molar refractivity (Wildman–Crippen MR) is 98.7 cm³/mol. The zero-order chi connectivity index (χ0) is 17.2. The first-order valence-electron chi connectivity index (χ1n) is 8.31. The number of nitrogens with zero attached hydrogens (tertiary/aromatic N) is 3. The highest BCUT2D eigenvalue weighted by Crippen LogP contribution is 2.27. The van der Waals surface area contributed by atoms with Crippen LogP contribution in [0.25, 0.3) is 0 Å². The molecular formula is C18H28BrN3O. The zero-order valence-corrected chi connectivity index (χ0v) is 16.5. The summed E-state index contributed by atoms with van der Waals surface area (Å²) in [6.45, 7) is 10.9. The number of anilines is 1. The molecular weight excluding hydrogens is 354 g/mol. The first-order valence-corrected chi connectivity index (χ1v) is 9.10. The highest BCUT2D eigenvalue weighted by atomic mass is 79.9. The Morgan fingerprint density at radius 2 is 2.00 bits per heavy atom. The van der Waals surface area contributed by atoms with E-state index in [2.05, 4.69) is 38.8 Å². The number of hydrogen-bond acceptors (Lipinski definition) is 3. The van der Waals surface area contributed by atoms with E-state index < -0.39 is 0 Å². The van der Waals surface area contributed by atoms with Crippen molar-refractivity contribution in [3.63, 3.8) is 0 Å². The SMILES string of the molecule is Cc1cc(Br)cnc1N1CCC(CN(C)C(=O)C(C)(C)C)CC1. The Morgan fingerprint density at radius 3 is 2.52 bits per heavy atom. The minimum atomic E-state index is -0.298. The standard InChI is InChI=1S/C18H28BrN3O/c1-13-10-15(19)11-20-16(13)22-8-6-14(7-9-22)12-21(5)17(23)18(2,3)4/h10-11,14H,6-9,12H2,1-5H3. The van der Waals surface area contributed by atoms with Crippen molar-refractivity contribution in [2.75, 3.05) is 31.6 Å². The van der Waals surface area contributed by atoms with Crippen molar-refractivity contribution in [3.8, 4) is 0 Å². The molecule has 5 heteroatoms. The number of aromatic nitrogens is 1. The molecule has 1 aliphatic rings. The molecule has 0 radical (unpaired) electrons. The van der Waals surface area contributed by atoms with Gasteiger partial charge in [-0.05, 0) is 53.2 Å². The van der Waals surface area contributed by atoms with Crippen LogP contribution in [-0.2, 0) is 4.79 Å². The lowest BCUT2D eigenvalue weighted by molar-refractivity contribution is -0.138. The average molecular weight is 382 g/mol. The Morgan fingerprint density at radius 1 is 1.39 bits per heavy atom. The molecule has 0 atom stereocenters. The third-order valence-electron chi connectivity index (χ3n) is 4.45. The maximum Gasteiger partial charge on any atom is 0.227 e. The molecule has 1 aromatic heterocycles. The van der Waals surface area contributed by atoms with Crippen molar-refractivity contribution in [3.05, 3.63) is 22.3 Å². The van der Waals surface area contributed by atoms with Gasteiger partial charge in [0.15, 0.2) is 0 Å². The molecule has 1 fully saturated rings. The van der Waals surface area contributed by atoms with Gasteiger partial charge >= 0.3 is 0 Å². The summed E-state index contributed by atoms with van der Waals surface area (Å²) >= 11 is 3.47. The van der Waals surface area contributed by atoms with Crippen LogP contribution in [0.2, 0.25) is 0 Å². The number of amides is 1. The van der Waals surface area contributed by atoms with Crippen molar-refractivity contribution >= 4 is 27.7 Å². The summed E-state index contributed by atoms with van der Waals surface area (Å²) in [6.07, 6.45) is 4.09. The van der Waals surface area contributed by atoms with E-state index in [4.69, 9.17) is 0 Å². The number of carbonyl (C=O) groups excluding carboxylic acids is 1. The number of pyridine rings is 1. The molecule has 4 nitrogen and oxygen atoms in total. The van der Waals surface area contributed by atoms with Crippen LogP contribution in [0.3, 0.4) is 0 Å². The Labute approximate surface area is 148 Å². The summed E-state index contributed by atoms with van der Waals surface area (Å²) in [5.41, 5.74) is 0.909. The Bertz CT molecular complexity index is 560. The van der Waals surface area contributed by atoms with E-state index in [1.807, 2.05) is 38.9 Å². The number of piperidine rings is 1. The van der Waals surface area contributed by atoms with Crippen molar-refractivity contribution in [1.29, 1.82) is 0 Å². The molecule has 2 heterocycles. The van der Waals surface area contributed by atoms with E-state index in [9.17, 15) is 4.79 Å². The minimum absolute atomic E-state index is 0.227. The van der Waals surface area contributed by atoms with Crippen molar-refractivity contribution in [2.45, 2.75) is 40.5 Å². The van der Waals surface area contributed by atoms with Gasteiger partial charge in [-0.15, -0.1) is 0 Å². The second kappa shape index (κ2) is 7.20. The number of carbonyl (C=O) groups is 1. The third kappa shape index (κ3) is 4.69. The molecule has 0 aliphatic carbocycles. The quantitative estimate of drug-likeness (QED) is 0.796. The van der Waals surface area contributed by atoms with Gasteiger partial charge in [0.1, 0.15) is 5.82 Å². The molecule has 23 heavy (non-hydrogen) atoms.